The number of hydrogen-bond acceptors (Lipinski definition) is 3. The van der Waals surface area contributed by atoms with Gasteiger partial charge in [-0.2, -0.15) is 0 Å². The summed E-state index contributed by atoms with van der Waals surface area (Å²) < 4.78 is 5.01. The van der Waals surface area contributed by atoms with Gasteiger partial charge in [-0.15, -0.1) is 0 Å². The molecule has 1 aromatic rings. The van der Waals surface area contributed by atoms with Crippen molar-refractivity contribution < 1.29 is 14.3 Å². The Morgan fingerprint density at radius 1 is 1.29 bits per heavy atom. The molecule has 0 saturated heterocycles. The Morgan fingerprint density at radius 2 is 2.14 bits per heavy atom. The molecule has 1 aromatic carbocycles. The van der Waals surface area contributed by atoms with E-state index in [-0.39, 0.29) is 17.7 Å². The molecule has 3 nitrogen and oxygen atoms in total. The second-order valence-corrected chi connectivity index (χ2v) is 6.09. The Kier molecular flexibility index (Phi) is 4.09. The molecule has 2 unspecified atom stereocenters. The highest BCUT2D eigenvalue weighted by molar-refractivity contribution is 5.99. The van der Waals surface area contributed by atoms with Crippen LogP contribution in [0.1, 0.15) is 55.2 Å². The van der Waals surface area contributed by atoms with Gasteiger partial charge in [0, 0.05) is 6.42 Å². The summed E-state index contributed by atoms with van der Waals surface area (Å²) in [4.78, 5) is 24.1. The third kappa shape index (κ3) is 2.74. The van der Waals surface area contributed by atoms with Crippen LogP contribution in [0.2, 0.25) is 0 Å². The van der Waals surface area contributed by atoms with Crippen molar-refractivity contribution >= 4 is 11.8 Å². The van der Waals surface area contributed by atoms with Crippen molar-refractivity contribution in [2.45, 2.75) is 51.4 Å². The highest BCUT2D eigenvalue weighted by Crippen LogP contribution is 2.38. The maximum atomic E-state index is 12.3. The lowest BCUT2D eigenvalue weighted by Crippen LogP contribution is -2.31. The summed E-state index contributed by atoms with van der Waals surface area (Å²) >= 11 is 0. The first-order chi connectivity index (χ1) is 10.2. The zero-order valence-corrected chi connectivity index (χ0v) is 12.6. The quantitative estimate of drug-likeness (QED) is 0.633. The molecule has 21 heavy (non-hydrogen) atoms. The predicted octanol–water partition coefficient (Wildman–Crippen LogP) is 3.19. The first-order valence-electron chi connectivity index (χ1n) is 8.00. The second-order valence-electron chi connectivity index (χ2n) is 6.09. The Bertz CT molecular complexity index is 562. The molecule has 0 radical (unpaired) electrons. The van der Waals surface area contributed by atoms with E-state index in [0.717, 1.165) is 19.3 Å². The summed E-state index contributed by atoms with van der Waals surface area (Å²) in [5.41, 5.74) is 4.26. The highest BCUT2D eigenvalue weighted by Gasteiger charge is 2.36. The fourth-order valence-corrected chi connectivity index (χ4v) is 3.81. The van der Waals surface area contributed by atoms with Crippen LogP contribution in [0.15, 0.2) is 18.2 Å². The number of ketones is 1. The zero-order chi connectivity index (χ0) is 14.8. The first-order valence-corrected chi connectivity index (χ1v) is 8.00. The van der Waals surface area contributed by atoms with Crippen molar-refractivity contribution in [3.8, 4) is 0 Å². The number of benzene rings is 1. The molecule has 0 amide bonds. The van der Waals surface area contributed by atoms with Crippen molar-refractivity contribution in [1.82, 2.24) is 0 Å². The van der Waals surface area contributed by atoms with E-state index in [4.69, 9.17) is 4.74 Å². The number of aryl methyl sites for hydroxylation is 1. The summed E-state index contributed by atoms with van der Waals surface area (Å²) in [7, 11) is 0. The molecule has 2 atom stereocenters. The molecular formula is C18H22O3. The number of esters is 1. The molecule has 112 valence electrons. The fraction of sp³-hybridized carbons (Fsp3) is 0.556. The van der Waals surface area contributed by atoms with Crippen LogP contribution in [-0.2, 0) is 27.2 Å². The third-order valence-electron chi connectivity index (χ3n) is 4.83. The minimum atomic E-state index is -0.530. The van der Waals surface area contributed by atoms with Gasteiger partial charge in [-0.1, -0.05) is 18.2 Å². The third-order valence-corrected chi connectivity index (χ3v) is 4.83. The molecule has 2 aliphatic rings. The van der Waals surface area contributed by atoms with Gasteiger partial charge in [0.1, 0.15) is 11.7 Å². The van der Waals surface area contributed by atoms with Gasteiger partial charge in [0.05, 0.1) is 6.61 Å². The monoisotopic (exact) mass is 286 g/mol. The molecule has 1 saturated carbocycles. The van der Waals surface area contributed by atoms with E-state index in [1.54, 1.807) is 6.92 Å². The topological polar surface area (TPSA) is 43.4 Å². The van der Waals surface area contributed by atoms with Gasteiger partial charge >= 0.3 is 5.97 Å². The Hall–Kier alpha value is -1.64. The molecule has 0 spiro atoms. The van der Waals surface area contributed by atoms with E-state index in [9.17, 15) is 9.59 Å². The number of rotatable bonds is 3. The van der Waals surface area contributed by atoms with E-state index in [1.165, 1.54) is 23.1 Å². The normalized spacial score (nSPS) is 24.7. The maximum Gasteiger partial charge on any atom is 0.316 e. The summed E-state index contributed by atoms with van der Waals surface area (Å²) in [6, 6.07) is 6.49. The molecule has 0 N–H and O–H groups in total. The molecule has 1 fully saturated rings. The summed E-state index contributed by atoms with van der Waals surface area (Å²) in [5.74, 6) is -0.520. The van der Waals surface area contributed by atoms with Crippen LogP contribution in [0.3, 0.4) is 0 Å². The summed E-state index contributed by atoms with van der Waals surface area (Å²) in [5, 5.41) is 0. The molecule has 2 aliphatic carbocycles. The van der Waals surface area contributed by atoms with Gasteiger partial charge in [-0.05, 0) is 61.6 Å². The van der Waals surface area contributed by atoms with Crippen LogP contribution < -0.4 is 0 Å². The van der Waals surface area contributed by atoms with Crippen LogP contribution in [0.5, 0.6) is 0 Å². The van der Waals surface area contributed by atoms with Gasteiger partial charge in [0.2, 0.25) is 0 Å². The van der Waals surface area contributed by atoms with E-state index < -0.39 is 5.92 Å². The molecule has 0 aliphatic heterocycles. The maximum absolute atomic E-state index is 12.3. The van der Waals surface area contributed by atoms with Crippen molar-refractivity contribution in [1.29, 1.82) is 0 Å². The van der Waals surface area contributed by atoms with Gasteiger partial charge in [-0.3, -0.25) is 9.59 Å². The molecule has 0 heterocycles. The lowest BCUT2D eigenvalue weighted by atomic mass is 9.76. The minimum absolute atomic E-state index is 0.0558. The fourth-order valence-electron chi connectivity index (χ4n) is 3.81. The molecule has 0 bridgehead atoms. The molecule has 3 rings (SSSR count). The molecule has 0 aromatic heterocycles. The number of Topliss-reactive ketones (excluding diaryl/α,β-unsaturated/α-hetero) is 1. The summed E-state index contributed by atoms with van der Waals surface area (Å²) in [6.07, 6.45) is 5.54. The SMILES string of the molecule is CCOC(=O)C1CCC(c2cccc3c2CCC3)CC1=O. The Labute approximate surface area is 125 Å². The van der Waals surface area contributed by atoms with Gasteiger partial charge < -0.3 is 4.74 Å². The van der Waals surface area contributed by atoms with Gasteiger partial charge in [0.15, 0.2) is 0 Å². The van der Waals surface area contributed by atoms with Crippen LogP contribution >= 0.6 is 0 Å². The van der Waals surface area contributed by atoms with Crippen LogP contribution in [0, 0.1) is 5.92 Å². The average Bonchev–Trinajstić information content (AvgIpc) is 2.95. The van der Waals surface area contributed by atoms with E-state index in [0.29, 0.717) is 19.4 Å². The molecular weight excluding hydrogens is 264 g/mol. The van der Waals surface area contributed by atoms with E-state index in [2.05, 4.69) is 18.2 Å². The van der Waals surface area contributed by atoms with Crippen LogP contribution in [0.25, 0.3) is 0 Å². The van der Waals surface area contributed by atoms with Gasteiger partial charge in [0.25, 0.3) is 0 Å². The smallest absolute Gasteiger partial charge is 0.316 e. The number of carbonyl (C=O) groups is 2. The largest absolute Gasteiger partial charge is 0.465 e. The number of ether oxygens (including phenoxy) is 1. The van der Waals surface area contributed by atoms with E-state index >= 15 is 0 Å². The minimum Gasteiger partial charge on any atom is -0.465 e. The van der Waals surface area contributed by atoms with Crippen molar-refractivity contribution in [2.24, 2.45) is 5.92 Å². The Balaban J connectivity index is 1.75. The number of hydrogen-bond donors (Lipinski definition) is 0. The number of fused-ring (bicyclic) bond motifs is 1. The van der Waals surface area contributed by atoms with E-state index in [1.807, 2.05) is 0 Å². The Morgan fingerprint density at radius 3 is 2.90 bits per heavy atom. The number of carbonyl (C=O) groups excluding carboxylic acids is 2. The first kappa shape index (κ1) is 14.3. The van der Waals surface area contributed by atoms with Crippen LogP contribution in [0.4, 0.5) is 0 Å². The van der Waals surface area contributed by atoms with Crippen molar-refractivity contribution in [3.05, 3.63) is 34.9 Å². The lowest BCUT2D eigenvalue weighted by molar-refractivity contribution is -0.152. The molecule has 3 heteroatoms. The average molecular weight is 286 g/mol. The van der Waals surface area contributed by atoms with Crippen molar-refractivity contribution in [3.63, 3.8) is 0 Å². The summed E-state index contributed by atoms with van der Waals surface area (Å²) in [6.45, 7) is 2.12. The highest BCUT2D eigenvalue weighted by atomic mass is 16.5. The predicted molar refractivity (Wildman–Crippen MR) is 80.2 cm³/mol. The second kappa shape index (κ2) is 6.00. The standard InChI is InChI=1S/C18H22O3/c1-2-21-18(20)16-10-9-13(11-17(16)19)15-8-4-6-12-5-3-7-14(12)15/h4,6,8,13,16H,2-3,5,7,9-11H2,1H3. The van der Waals surface area contributed by atoms with Crippen molar-refractivity contribution in [2.75, 3.05) is 6.61 Å². The lowest BCUT2D eigenvalue weighted by Gasteiger charge is -2.27. The van der Waals surface area contributed by atoms with Crippen LogP contribution in [-0.4, -0.2) is 18.4 Å². The van der Waals surface area contributed by atoms with Gasteiger partial charge in [-0.25, -0.2) is 0 Å². The zero-order valence-electron chi connectivity index (χ0n) is 12.6.